The molecule has 1 aliphatic rings. The Balaban J connectivity index is 2.18. The van der Waals surface area contributed by atoms with Crippen molar-refractivity contribution in [1.29, 1.82) is 0 Å². The van der Waals surface area contributed by atoms with Crippen molar-refractivity contribution in [3.8, 4) is 0 Å². The molecule has 1 atom stereocenters. The predicted molar refractivity (Wildman–Crippen MR) is 56.0 cm³/mol. The Hall–Kier alpha value is -0.940. The van der Waals surface area contributed by atoms with Crippen molar-refractivity contribution in [3.05, 3.63) is 16.1 Å². The number of carboxylic acids is 1. The molecule has 0 bridgehead atoms. The average molecular weight is 227 g/mol. The summed E-state index contributed by atoms with van der Waals surface area (Å²) in [6.45, 7) is 0.531. The standard InChI is InChI=1S/C10H13NO3S/c1-14-5-8-7-3-2-6(10(12)13)4-9(7)15-11-8/h6H,2-5H2,1H3,(H,12,13). The number of rotatable bonds is 3. The Kier molecular flexibility index (Phi) is 3.02. The molecule has 0 aromatic carbocycles. The number of ether oxygens (including phenoxy) is 1. The minimum Gasteiger partial charge on any atom is -0.481 e. The van der Waals surface area contributed by atoms with Gasteiger partial charge in [0, 0.05) is 12.0 Å². The van der Waals surface area contributed by atoms with Gasteiger partial charge in [-0.25, -0.2) is 0 Å². The minimum absolute atomic E-state index is 0.228. The van der Waals surface area contributed by atoms with Crippen LogP contribution in [0.2, 0.25) is 0 Å². The van der Waals surface area contributed by atoms with Crippen LogP contribution in [0.5, 0.6) is 0 Å². The van der Waals surface area contributed by atoms with E-state index in [-0.39, 0.29) is 5.92 Å². The van der Waals surface area contributed by atoms with Crippen molar-refractivity contribution in [2.45, 2.75) is 25.9 Å². The number of hydrogen-bond donors (Lipinski definition) is 1. The molecule has 1 N–H and O–H groups in total. The molecule has 0 amide bonds. The third-order valence-corrected chi connectivity index (χ3v) is 3.70. The fourth-order valence-corrected chi connectivity index (χ4v) is 2.92. The summed E-state index contributed by atoms with van der Waals surface area (Å²) in [5, 5.41) is 8.93. The lowest BCUT2D eigenvalue weighted by Crippen LogP contribution is -2.21. The van der Waals surface area contributed by atoms with E-state index in [4.69, 9.17) is 9.84 Å². The van der Waals surface area contributed by atoms with Crippen LogP contribution in [0.4, 0.5) is 0 Å². The van der Waals surface area contributed by atoms with Crippen molar-refractivity contribution in [3.63, 3.8) is 0 Å². The zero-order valence-corrected chi connectivity index (χ0v) is 9.34. The van der Waals surface area contributed by atoms with E-state index in [1.165, 1.54) is 17.1 Å². The molecule has 0 spiro atoms. The highest BCUT2D eigenvalue weighted by atomic mass is 32.1. The van der Waals surface area contributed by atoms with E-state index < -0.39 is 5.97 Å². The van der Waals surface area contributed by atoms with Crippen LogP contribution in [0, 0.1) is 5.92 Å². The quantitative estimate of drug-likeness (QED) is 0.849. The monoisotopic (exact) mass is 227 g/mol. The van der Waals surface area contributed by atoms with Gasteiger partial charge in [-0.2, -0.15) is 4.37 Å². The summed E-state index contributed by atoms with van der Waals surface area (Å²) < 4.78 is 9.36. The summed E-state index contributed by atoms with van der Waals surface area (Å²) in [6.07, 6.45) is 2.17. The maximum Gasteiger partial charge on any atom is 0.306 e. The summed E-state index contributed by atoms with van der Waals surface area (Å²) in [4.78, 5) is 12.0. The van der Waals surface area contributed by atoms with Gasteiger partial charge in [-0.05, 0) is 36.4 Å². The molecule has 0 radical (unpaired) electrons. The van der Waals surface area contributed by atoms with E-state index >= 15 is 0 Å². The van der Waals surface area contributed by atoms with E-state index in [1.807, 2.05) is 0 Å². The van der Waals surface area contributed by atoms with Gasteiger partial charge in [0.05, 0.1) is 18.2 Å². The Bertz CT molecular complexity index is 375. The average Bonchev–Trinajstić information content (AvgIpc) is 2.61. The van der Waals surface area contributed by atoms with Gasteiger partial charge in [0.1, 0.15) is 0 Å². The number of nitrogens with zero attached hydrogens (tertiary/aromatic N) is 1. The van der Waals surface area contributed by atoms with E-state index in [0.29, 0.717) is 13.0 Å². The van der Waals surface area contributed by atoms with Crippen molar-refractivity contribution >= 4 is 17.5 Å². The number of methoxy groups -OCH3 is 1. The first-order chi connectivity index (χ1) is 7.22. The number of aliphatic carboxylic acids is 1. The summed E-state index contributed by atoms with van der Waals surface area (Å²) in [5.74, 6) is -0.921. The largest absolute Gasteiger partial charge is 0.481 e. The number of carboxylic acid groups (broad SMARTS) is 1. The van der Waals surface area contributed by atoms with Crippen LogP contribution in [0.15, 0.2) is 0 Å². The predicted octanol–water partition coefficient (Wildman–Crippen LogP) is 1.48. The SMILES string of the molecule is COCc1nsc2c1CCC(C(=O)O)C2. The van der Waals surface area contributed by atoms with Gasteiger partial charge in [0.15, 0.2) is 0 Å². The van der Waals surface area contributed by atoms with Gasteiger partial charge >= 0.3 is 5.97 Å². The molecule has 1 aromatic heterocycles. The summed E-state index contributed by atoms with van der Waals surface area (Å²) in [5.41, 5.74) is 2.21. The van der Waals surface area contributed by atoms with E-state index in [9.17, 15) is 4.79 Å². The highest BCUT2D eigenvalue weighted by molar-refractivity contribution is 7.06. The molecule has 5 heteroatoms. The molecule has 1 aromatic rings. The summed E-state index contributed by atoms with van der Waals surface area (Å²) in [6, 6.07) is 0. The fourth-order valence-electron chi connectivity index (χ4n) is 1.93. The maximum absolute atomic E-state index is 10.9. The van der Waals surface area contributed by atoms with Gasteiger partial charge in [-0.1, -0.05) is 0 Å². The van der Waals surface area contributed by atoms with Crippen LogP contribution in [-0.2, 0) is 29.0 Å². The molecule has 0 fully saturated rings. The molecule has 2 rings (SSSR count). The van der Waals surface area contributed by atoms with E-state index in [2.05, 4.69) is 4.37 Å². The molecule has 4 nitrogen and oxygen atoms in total. The Morgan fingerprint density at radius 3 is 3.20 bits per heavy atom. The van der Waals surface area contributed by atoms with Crippen LogP contribution >= 0.6 is 11.5 Å². The number of fused-ring (bicyclic) bond motifs is 1. The van der Waals surface area contributed by atoms with Crippen LogP contribution in [-0.4, -0.2) is 22.6 Å². The van der Waals surface area contributed by atoms with Crippen LogP contribution in [0.3, 0.4) is 0 Å². The smallest absolute Gasteiger partial charge is 0.306 e. The fraction of sp³-hybridized carbons (Fsp3) is 0.600. The number of aromatic nitrogens is 1. The normalized spacial score (nSPS) is 19.9. The molecule has 1 unspecified atom stereocenters. The van der Waals surface area contributed by atoms with Crippen molar-refractivity contribution < 1.29 is 14.6 Å². The second-order valence-corrected chi connectivity index (χ2v) is 4.60. The van der Waals surface area contributed by atoms with Crippen LogP contribution < -0.4 is 0 Å². The van der Waals surface area contributed by atoms with E-state index in [0.717, 1.165) is 23.4 Å². The number of hydrogen-bond acceptors (Lipinski definition) is 4. The highest BCUT2D eigenvalue weighted by Gasteiger charge is 2.27. The zero-order chi connectivity index (χ0) is 10.8. The lowest BCUT2D eigenvalue weighted by atomic mass is 9.88. The van der Waals surface area contributed by atoms with Gasteiger partial charge in [-0.15, -0.1) is 0 Å². The first-order valence-corrected chi connectivity index (χ1v) is 5.67. The molecule has 15 heavy (non-hydrogen) atoms. The summed E-state index contributed by atoms with van der Waals surface area (Å²) in [7, 11) is 1.65. The molecule has 0 saturated carbocycles. The number of carbonyl (C=O) groups is 1. The molecular formula is C10H13NO3S. The molecule has 1 aliphatic carbocycles. The Morgan fingerprint density at radius 2 is 2.53 bits per heavy atom. The lowest BCUT2D eigenvalue weighted by Gasteiger charge is -2.18. The van der Waals surface area contributed by atoms with Crippen molar-refractivity contribution in [2.75, 3.05) is 7.11 Å². The molecular weight excluding hydrogens is 214 g/mol. The lowest BCUT2D eigenvalue weighted by molar-refractivity contribution is -0.142. The van der Waals surface area contributed by atoms with Crippen molar-refractivity contribution in [2.24, 2.45) is 5.92 Å². The molecule has 0 saturated heterocycles. The van der Waals surface area contributed by atoms with Gasteiger partial charge in [0.2, 0.25) is 0 Å². The second-order valence-electron chi connectivity index (χ2n) is 3.74. The third kappa shape index (κ3) is 2.03. The topological polar surface area (TPSA) is 59.4 Å². The minimum atomic E-state index is -0.692. The Labute approximate surface area is 92.1 Å². The maximum atomic E-state index is 10.9. The van der Waals surface area contributed by atoms with Gasteiger partial charge in [0.25, 0.3) is 0 Å². The van der Waals surface area contributed by atoms with E-state index in [1.54, 1.807) is 7.11 Å². The van der Waals surface area contributed by atoms with Gasteiger partial charge < -0.3 is 9.84 Å². The Morgan fingerprint density at radius 1 is 1.73 bits per heavy atom. The summed E-state index contributed by atoms with van der Waals surface area (Å²) >= 11 is 1.42. The zero-order valence-electron chi connectivity index (χ0n) is 8.52. The second kappa shape index (κ2) is 4.28. The molecule has 1 heterocycles. The third-order valence-electron chi connectivity index (χ3n) is 2.76. The highest BCUT2D eigenvalue weighted by Crippen LogP contribution is 2.31. The first kappa shape index (κ1) is 10.6. The van der Waals surface area contributed by atoms with Crippen LogP contribution in [0.25, 0.3) is 0 Å². The first-order valence-electron chi connectivity index (χ1n) is 4.90. The molecule has 82 valence electrons. The van der Waals surface area contributed by atoms with Gasteiger partial charge in [-0.3, -0.25) is 4.79 Å². The van der Waals surface area contributed by atoms with Crippen LogP contribution in [0.1, 0.15) is 22.6 Å². The van der Waals surface area contributed by atoms with Crippen molar-refractivity contribution in [1.82, 2.24) is 4.37 Å². The molecule has 0 aliphatic heterocycles.